The van der Waals surface area contributed by atoms with Crippen molar-refractivity contribution in [3.05, 3.63) is 0 Å². The molecule has 1 amide bonds. The summed E-state index contributed by atoms with van der Waals surface area (Å²) in [6, 6.07) is 0.337. The maximum Gasteiger partial charge on any atom is 0.228 e. The first-order valence-corrected chi connectivity index (χ1v) is 7.77. The lowest BCUT2D eigenvalue weighted by molar-refractivity contribution is -0.139. The summed E-state index contributed by atoms with van der Waals surface area (Å²) in [6.07, 6.45) is 6.67. The van der Waals surface area contributed by atoms with Crippen LogP contribution in [0.15, 0.2) is 0 Å². The molecular weight excluding hydrogens is 240 g/mol. The van der Waals surface area contributed by atoms with Gasteiger partial charge in [0.2, 0.25) is 5.91 Å². The number of nitrogens with zero attached hydrogens (tertiary/aromatic N) is 1. The van der Waals surface area contributed by atoms with Gasteiger partial charge in [-0.2, -0.15) is 0 Å². The van der Waals surface area contributed by atoms with Crippen LogP contribution in [0.1, 0.15) is 45.4 Å². The Morgan fingerprint density at radius 3 is 2.74 bits per heavy atom. The minimum absolute atomic E-state index is 0.0651. The van der Waals surface area contributed by atoms with Gasteiger partial charge in [-0.1, -0.05) is 19.8 Å². The number of nitrogens with two attached hydrogens (primary N) is 1. The van der Waals surface area contributed by atoms with Gasteiger partial charge in [0.1, 0.15) is 0 Å². The van der Waals surface area contributed by atoms with Crippen molar-refractivity contribution in [2.75, 3.05) is 20.2 Å². The first-order valence-electron chi connectivity index (χ1n) is 7.77. The van der Waals surface area contributed by atoms with E-state index in [0.29, 0.717) is 18.5 Å². The highest BCUT2D eigenvalue weighted by molar-refractivity contribution is 5.79. The zero-order valence-corrected chi connectivity index (χ0v) is 12.3. The molecule has 1 saturated carbocycles. The average molecular weight is 268 g/mol. The molecule has 1 saturated heterocycles. The van der Waals surface area contributed by atoms with Crippen molar-refractivity contribution in [2.24, 2.45) is 17.6 Å². The average Bonchev–Trinajstić information content (AvgIpc) is 2.94. The summed E-state index contributed by atoms with van der Waals surface area (Å²) in [4.78, 5) is 14.7. The van der Waals surface area contributed by atoms with Gasteiger partial charge in [-0.25, -0.2) is 0 Å². The van der Waals surface area contributed by atoms with Crippen LogP contribution in [0.2, 0.25) is 0 Å². The van der Waals surface area contributed by atoms with Crippen LogP contribution in [0.5, 0.6) is 0 Å². The van der Waals surface area contributed by atoms with Crippen LogP contribution in [-0.2, 0) is 9.53 Å². The Morgan fingerprint density at radius 1 is 1.32 bits per heavy atom. The predicted molar refractivity (Wildman–Crippen MR) is 75.7 cm³/mol. The normalized spacial score (nSPS) is 35.3. The van der Waals surface area contributed by atoms with Gasteiger partial charge in [0.05, 0.1) is 12.0 Å². The Hall–Kier alpha value is -0.610. The topological polar surface area (TPSA) is 55.6 Å². The first-order chi connectivity index (χ1) is 9.19. The third-order valence-corrected chi connectivity index (χ3v) is 4.95. The van der Waals surface area contributed by atoms with Crippen LogP contribution in [0, 0.1) is 11.8 Å². The maximum atomic E-state index is 12.7. The first kappa shape index (κ1) is 14.8. The molecule has 1 heterocycles. The lowest BCUT2D eigenvalue weighted by Gasteiger charge is -2.39. The number of hydrogen-bond acceptors (Lipinski definition) is 3. The molecule has 0 aromatic heterocycles. The van der Waals surface area contributed by atoms with Crippen molar-refractivity contribution in [3.63, 3.8) is 0 Å². The van der Waals surface area contributed by atoms with Gasteiger partial charge in [-0.05, 0) is 38.1 Å². The Labute approximate surface area is 116 Å². The van der Waals surface area contributed by atoms with Gasteiger partial charge in [0.25, 0.3) is 0 Å². The van der Waals surface area contributed by atoms with Gasteiger partial charge in [0, 0.05) is 19.7 Å². The Kier molecular flexibility index (Phi) is 5.22. The van der Waals surface area contributed by atoms with E-state index in [4.69, 9.17) is 10.5 Å². The number of carbonyl (C=O) groups excluding carboxylic acids is 1. The third kappa shape index (κ3) is 3.11. The summed E-state index contributed by atoms with van der Waals surface area (Å²) in [7, 11) is 1.96. The molecule has 2 rings (SSSR count). The van der Waals surface area contributed by atoms with Crippen LogP contribution in [0.4, 0.5) is 0 Å². The van der Waals surface area contributed by atoms with E-state index in [2.05, 4.69) is 6.92 Å². The molecule has 4 heteroatoms. The molecule has 2 fully saturated rings. The fraction of sp³-hybridized carbons (Fsp3) is 0.933. The number of carbonyl (C=O) groups is 1. The highest BCUT2D eigenvalue weighted by Crippen LogP contribution is 2.31. The van der Waals surface area contributed by atoms with Crippen LogP contribution in [-0.4, -0.2) is 43.2 Å². The monoisotopic (exact) mass is 268 g/mol. The van der Waals surface area contributed by atoms with E-state index in [9.17, 15) is 4.79 Å². The van der Waals surface area contributed by atoms with E-state index in [1.807, 2.05) is 11.9 Å². The zero-order chi connectivity index (χ0) is 13.8. The molecule has 2 N–H and O–H groups in total. The minimum Gasteiger partial charge on any atom is -0.377 e. The maximum absolute atomic E-state index is 12.7. The van der Waals surface area contributed by atoms with Gasteiger partial charge in [-0.15, -0.1) is 0 Å². The largest absolute Gasteiger partial charge is 0.377 e. The number of rotatable bonds is 4. The Morgan fingerprint density at radius 2 is 2.05 bits per heavy atom. The van der Waals surface area contributed by atoms with Crippen LogP contribution in [0.3, 0.4) is 0 Å². The summed E-state index contributed by atoms with van der Waals surface area (Å²) in [6.45, 7) is 3.52. The molecule has 1 aliphatic heterocycles. The quantitative estimate of drug-likeness (QED) is 0.845. The van der Waals surface area contributed by atoms with Crippen molar-refractivity contribution < 1.29 is 9.53 Å². The SMILES string of the molecule is CCC1OCCC1C(=O)N(C)C1CCCCC1CN. The highest BCUT2D eigenvalue weighted by Gasteiger charge is 2.38. The predicted octanol–water partition coefficient (Wildman–Crippen LogP) is 1.78. The molecule has 4 atom stereocenters. The van der Waals surface area contributed by atoms with Crippen molar-refractivity contribution >= 4 is 5.91 Å². The van der Waals surface area contributed by atoms with E-state index < -0.39 is 0 Å². The number of ether oxygens (including phenoxy) is 1. The molecule has 0 radical (unpaired) electrons. The molecular formula is C15H28N2O2. The molecule has 0 aromatic rings. The lowest BCUT2D eigenvalue weighted by atomic mass is 9.83. The molecule has 0 spiro atoms. The summed E-state index contributed by atoms with van der Waals surface area (Å²) in [5.41, 5.74) is 5.88. The van der Waals surface area contributed by atoms with Gasteiger partial charge in [0.15, 0.2) is 0 Å². The molecule has 2 aliphatic rings. The van der Waals surface area contributed by atoms with Crippen molar-refractivity contribution in [1.29, 1.82) is 0 Å². The fourth-order valence-corrected chi connectivity index (χ4v) is 3.73. The standard InChI is InChI=1S/C15H28N2O2/c1-3-14-12(8-9-19-14)15(18)17(2)13-7-5-4-6-11(13)10-16/h11-14H,3-10,16H2,1-2H3. The van der Waals surface area contributed by atoms with E-state index in [0.717, 1.165) is 32.3 Å². The molecule has 4 nitrogen and oxygen atoms in total. The Bertz CT molecular complexity index is 309. The summed E-state index contributed by atoms with van der Waals surface area (Å²) in [5.74, 6) is 0.815. The third-order valence-electron chi connectivity index (χ3n) is 4.95. The molecule has 1 aliphatic carbocycles. The highest BCUT2D eigenvalue weighted by atomic mass is 16.5. The van der Waals surface area contributed by atoms with Gasteiger partial charge >= 0.3 is 0 Å². The second-order valence-electron chi connectivity index (χ2n) is 6.01. The second-order valence-corrected chi connectivity index (χ2v) is 6.01. The van der Waals surface area contributed by atoms with E-state index in [1.54, 1.807) is 0 Å². The zero-order valence-electron chi connectivity index (χ0n) is 12.3. The molecule has 0 aromatic carbocycles. The van der Waals surface area contributed by atoms with E-state index in [1.165, 1.54) is 12.8 Å². The Balaban J connectivity index is 2.01. The molecule has 4 unspecified atom stereocenters. The second kappa shape index (κ2) is 6.71. The molecule has 19 heavy (non-hydrogen) atoms. The minimum atomic E-state index is 0.0651. The van der Waals surface area contributed by atoms with E-state index >= 15 is 0 Å². The summed E-state index contributed by atoms with van der Waals surface area (Å²) >= 11 is 0. The van der Waals surface area contributed by atoms with Gasteiger partial charge < -0.3 is 15.4 Å². The van der Waals surface area contributed by atoms with Crippen molar-refractivity contribution in [1.82, 2.24) is 4.90 Å². The fourth-order valence-electron chi connectivity index (χ4n) is 3.73. The lowest BCUT2D eigenvalue weighted by Crippen LogP contribution is -2.48. The van der Waals surface area contributed by atoms with Crippen LogP contribution < -0.4 is 5.73 Å². The summed E-state index contributed by atoms with van der Waals surface area (Å²) < 4.78 is 5.65. The number of amides is 1. The number of hydrogen-bond donors (Lipinski definition) is 1. The van der Waals surface area contributed by atoms with Crippen molar-refractivity contribution in [2.45, 2.75) is 57.6 Å². The van der Waals surface area contributed by atoms with Crippen LogP contribution in [0.25, 0.3) is 0 Å². The molecule has 110 valence electrons. The van der Waals surface area contributed by atoms with Gasteiger partial charge in [-0.3, -0.25) is 4.79 Å². The van der Waals surface area contributed by atoms with Crippen LogP contribution >= 0.6 is 0 Å². The smallest absolute Gasteiger partial charge is 0.228 e. The molecule has 0 bridgehead atoms. The van der Waals surface area contributed by atoms with Crippen molar-refractivity contribution in [3.8, 4) is 0 Å². The summed E-state index contributed by atoms with van der Waals surface area (Å²) in [5, 5.41) is 0. The van der Waals surface area contributed by atoms with E-state index in [-0.39, 0.29) is 17.9 Å².